The average Bonchev–Trinajstić information content (AvgIpc) is 2.29. The standard InChI is InChI=1S/C11H14O5/c1-15-7-3-4-10(16-2)8(5-7)9(6-12)11(13)14/h3-5,9,12H,6H2,1-2H3,(H,13,14). The van der Waals surface area contributed by atoms with Gasteiger partial charge >= 0.3 is 5.97 Å². The summed E-state index contributed by atoms with van der Waals surface area (Å²) >= 11 is 0. The van der Waals surface area contributed by atoms with Crippen molar-refractivity contribution in [1.82, 2.24) is 0 Å². The molecule has 0 aliphatic rings. The van der Waals surface area contributed by atoms with E-state index < -0.39 is 18.5 Å². The lowest BCUT2D eigenvalue weighted by atomic mass is 9.99. The Morgan fingerprint density at radius 2 is 2.06 bits per heavy atom. The number of rotatable bonds is 5. The van der Waals surface area contributed by atoms with Gasteiger partial charge in [0, 0.05) is 5.56 Å². The minimum absolute atomic E-state index is 0.400. The van der Waals surface area contributed by atoms with Gasteiger partial charge in [0.05, 0.1) is 20.8 Å². The van der Waals surface area contributed by atoms with E-state index in [1.165, 1.54) is 14.2 Å². The van der Waals surface area contributed by atoms with E-state index in [0.29, 0.717) is 17.1 Å². The van der Waals surface area contributed by atoms with E-state index in [0.717, 1.165) is 0 Å². The first-order valence-corrected chi connectivity index (χ1v) is 4.69. The first-order chi connectivity index (χ1) is 7.63. The van der Waals surface area contributed by atoms with Crippen molar-refractivity contribution in [2.24, 2.45) is 0 Å². The summed E-state index contributed by atoms with van der Waals surface area (Å²) in [5.74, 6) is -1.17. The second-order valence-electron chi connectivity index (χ2n) is 3.18. The maximum absolute atomic E-state index is 10.9. The zero-order valence-electron chi connectivity index (χ0n) is 9.14. The first-order valence-electron chi connectivity index (χ1n) is 4.69. The number of aliphatic carboxylic acids is 1. The third-order valence-electron chi connectivity index (χ3n) is 2.29. The van der Waals surface area contributed by atoms with Crippen LogP contribution in [0.4, 0.5) is 0 Å². The summed E-state index contributed by atoms with van der Waals surface area (Å²) in [7, 11) is 2.93. The molecule has 5 heteroatoms. The van der Waals surface area contributed by atoms with E-state index in [-0.39, 0.29) is 0 Å². The number of hydrogen-bond donors (Lipinski definition) is 2. The number of carbonyl (C=O) groups is 1. The molecule has 0 amide bonds. The van der Waals surface area contributed by atoms with Gasteiger partial charge < -0.3 is 19.7 Å². The molecule has 5 nitrogen and oxygen atoms in total. The van der Waals surface area contributed by atoms with Crippen molar-refractivity contribution in [3.63, 3.8) is 0 Å². The largest absolute Gasteiger partial charge is 0.497 e. The Balaban J connectivity index is 3.21. The van der Waals surface area contributed by atoms with Crippen LogP contribution in [-0.2, 0) is 4.79 Å². The molecule has 0 bridgehead atoms. The van der Waals surface area contributed by atoms with Gasteiger partial charge in [-0.1, -0.05) is 0 Å². The minimum Gasteiger partial charge on any atom is -0.497 e. The van der Waals surface area contributed by atoms with Crippen LogP contribution in [0.25, 0.3) is 0 Å². The molecule has 0 saturated carbocycles. The van der Waals surface area contributed by atoms with Gasteiger partial charge in [-0.25, -0.2) is 0 Å². The Morgan fingerprint density at radius 3 is 2.50 bits per heavy atom. The van der Waals surface area contributed by atoms with Crippen LogP contribution in [0, 0.1) is 0 Å². The van der Waals surface area contributed by atoms with Crippen LogP contribution < -0.4 is 9.47 Å². The maximum atomic E-state index is 10.9. The van der Waals surface area contributed by atoms with Crippen LogP contribution in [0.2, 0.25) is 0 Å². The van der Waals surface area contributed by atoms with Gasteiger partial charge in [0.25, 0.3) is 0 Å². The normalized spacial score (nSPS) is 11.9. The fourth-order valence-electron chi connectivity index (χ4n) is 1.42. The summed E-state index contributed by atoms with van der Waals surface area (Å²) in [6.45, 7) is -0.487. The van der Waals surface area contributed by atoms with E-state index in [1.807, 2.05) is 0 Å². The summed E-state index contributed by atoms with van der Waals surface area (Å²) in [5.41, 5.74) is 0.400. The van der Waals surface area contributed by atoms with E-state index in [9.17, 15) is 4.79 Å². The lowest BCUT2D eigenvalue weighted by Crippen LogP contribution is -2.16. The van der Waals surface area contributed by atoms with Crippen molar-refractivity contribution in [1.29, 1.82) is 0 Å². The highest BCUT2D eigenvalue weighted by molar-refractivity contribution is 5.77. The summed E-state index contributed by atoms with van der Waals surface area (Å²) in [5, 5.41) is 18.0. The second kappa shape index (κ2) is 5.37. The highest BCUT2D eigenvalue weighted by Crippen LogP contribution is 2.30. The number of ether oxygens (including phenoxy) is 2. The molecule has 0 aliphatic heterocycles. The van der Waals surface area contributed by atoms with E-state index in [1.54, 1.807) is 18.2 Å². The Labute approximate surface area is 93.2 Å². The lowest BCUT2D eigenvalue weighted by Gasteiger charge is -2.14. The van der Waals surface area contributed by atoms with Crippen LogP contribution >= 0.6 is 0 Å². The molecule has 16 heavy (non-hydrogen) atoms. The zero-order chi connectivity index (χ0) is 12.1. The molecule has 1 unspecified atom stereocenters. The van der Waals surface area contributed by atoms with Crippen molar-refractivity contribution in [2.75, 3.05) is 20.8 Å². The van der Waals surface area contributed by atoms with E-state index in [4.69, 9.17) is 19.7 Å². The summed E-state index contributed by atoms with van der Waals surface area (Å²) in [4.78, 5) is 10.9. The molecule has 1 atom stereocenters. The number of carboxylic acid groups (broad SMARTS) is 1. The van der Waals surface area contributed by atoms with Crippen LogP contribution in [0.1, 0.15) is 11.5 Å². The SMILES string of the molecule is COc1ccc(OC)c(C(CO)C(=O)O)c1. The van der Waals surface area contributed by atoms with Crippen molar-refractivity contribution >= 4 is 5.97 Å². The molecule has 0 aliphatic carbocycles. The number of methoxy groups -OCH3 is 2. The summed E-state index contributed by atoms with van der Waals surface area (Å²) in [6.07, 6.45) is 0. The molecule has 1 aromatic carbocycles. The smallest absolute Gasteiger partial charge is 0.313 e. The van der Waals surface area contributed by atoms with Crippen molar-refractivity contribution in [3.8, 4) is 11.5 Å². The molecule has 0 saturated heterocycles. The molecule has 0 radical (unpaired) electrons. The highest BCUT2D eigenvalue weighted by Gasteiger charge is 2.23. The van der Waals surface area contributed by atoms with Gasteiger partial charge in [-0.3, -0.25) is 4.79 Å². The molecule has 88 valence electrons. The number of aliphatic hydroxyl groups excluding tert-OH is 1. The number of carboxylic acids is 1. The minimum atomic E-state index is -1.10. The monoisotopic (exact) mass is 226 g/mol. The number of hydrogen-bond acceptors (Lipinski definition) is 4. The number of benzene rings is 1. The predicted molar refractivity (Wildman–Crippen MR) is 57.0 cm³/mol. The van der Waals surface area contributed by atoms with E-state index in [2.05, 4.69) is 0 Å². The molecule has 0 spiro atoms. The predicted octanol–water partition coefficient (Wildman–Crippen LogP) is 0.864. The number of aliphatic hydroxyl groups is 1. The first kappa shape index (κ1) is 12.3. The van der Waals surface area contributed by atoms with Gasteiger partial charge in [-0.2, -0.15) is 0 Å². The highest BCUT2D eigenvalue weighted by atomic mass is 16.5. The molecule has 0 fully saturated rings. The van der Waals surface area contributed by atoms with Crippen LogP contribution in [-0.4, -0.2) is 37.0 Å². The molecular weight excluding hydrogens is 212 g/mol. The van der Waals surface area contributed by atoms with Crippen LogP contribution in [0.15, 0.2) is 18.2 Å². The molecule has 0 heterocycles. The molecule has 2 N–H and O–H groups in total. The molecule has 1 rings (SSSR count). The Kier molecular flexibility index (Phi) is 4.13. The Bertz CT molecular complexity index is 375. The van der Waals surface area contributed by atoms with Crippen molar-refractivity contribution in [2.45, 2.75) is 5.92 Å². The Morgan fingerprint density at radius 1 is 1.38 bits per heavy atom. The maximum Gasteiger partial charge on any atom is 0.313 e. The third-order valence-corrected chi connectivity index (χ3v) is 2.29. The van der Waals surface area contributed by atoms with Gasteiger partial charge in [0.15, 0.2) is 0 Å². The fourth-order valence-corrected chi connectivity index (χ4v) is 1.42. The Hall–Kier alpha value is -1.75. The molecule has 0 aromatic heterocycles. The van der Waals surface area contributed by atoms with Crippen molar-refractivity contribution in [3.05, 3.63) is 23.8 Å². The zero-order valence-corrected chi connectivity index (χ0v) is 9.14. The summed E-state index contributed by atoms with van der Waals surface area (Å²) < 4.78 is 10.0. The van der Waals surface area contributed by atoms with E-state index >= 15 is 0 Å². The van der Waals surface area contributed by atoms with Gasteiger partial charge in [-0.05, 0) is 18.2 Å². The molecule has 1 aromatic rings. The van der Waals surface area contributed by atoms with Gasteiger partial charge in [-0.15, -0.1) is 0 Å². The van der Waals surface area contributed by atoms with Crippen molar-refractivity contribution < 1.29 is 24.5 Å². The summed E-state index contributed by atoms with van der Waals surface area (Å²) in [6, 6.07) is 4.83. The average molecular weight is 226 g/mol. The lowest BCUT2D eigenvalue weighted by molar-refractivity contribution is -0.139. The fraction of sp³-hybridized carbons (Fsp3) is 0.364. The molecular formula is C11H14O5. The van der Waals surface area contributed by atoms with Crippen LogP contribution in [0.3, 0.4) is 0 Å². The van der Waals surface area contributed by atoms with Gasteiger partial charge in [0.2, 0.25) is 0 Å². The third kappa shape index (κ3) is 2.43. The van der Waals surface area contributed by atoms with Gasteiger partial charge in [0.1, 0.15) is 17.4 Å². The van der Waals surface area contributed by atoms with Crippen LogP contribution in [0.5, 0.6) is 11.5 Å². The second-order valence-corrected chi connectivity index (χ2v) is 3.18. The quantitative estimate of drug-likeness (QED) is 0.778. The topological polar surface area (TPSA) is 76.0 Å².